The zero-order valence-electron chi connectivity index (χ0n) is 8.99. The summed E-state index contributed by atoms with van der Waals surface area (Å²) in [7, 11) is 1.77. The summed E-state index contributed by atoms with van der Waals surface area (Å²) < 4.78 is 0. The first kappa shape index (κ1) is 9.39. The molecule has 16 heavy (non-hydrogen) atoms. The van der Waals surface area contributed by atoms with Crippen molar-refractivity contribution in [1.82, 2.24) is 10.2 Å². The minimum Gasteiger partial charge on any atom is -0.343 e. The molecule has 3 rings (SSSR count). The van der Waals surface area contributed by atoms with Crippen LogP contribution in [0.3, 0.4) is 0 Å². The number of rotatable bonds is 0. The predicted molar refractivity (Wildman–Crippen MR) is 57.8 cm³/mol. The number of hydrogen-bond acceptors (Lipinski definition) is 2. The van der Waals surface area contributed by atoms with E-state index in [0.717, 1.165) is 5.56 Å². The van der Waals surface area contributed by atoms with E-state index in [1.54, 1.807) is 18.0 Å². The normalized spacial score (nSPS) is 27.4. The number of likely N-dealkylation sites (N-methyl/N-ethyl adjacent to an activating group) is 1. The highest BCUT2D eigenvalue weighted by Crippen LogP contribution is 2.38. The maximum absolute atomic E-state index is 12.1. The maximum Gasteiger partial charge on any atom is 0.252 e. The van der Waals surface area contributed by atoms with Gasteiger partial charge in [0.15, 0.2) is 0 Å². The number of benzene rings is 1. The number of fused-ring (bicyclic) bond motifs is 2. The van der Waals surface area contributed by atoms with Crippen molar-refractivity contribution in [2.24, 2.45) is 0 Å². The van der Waals surface area contributed by atoms with Crippen LogP contribution in [0, 0.1) is 0 Å². The summed E-state index contributed by atoms with van der Waals surface area (Å²) in [5.41, 5.74) is 0.670. The number of hydrogen-bond donors (Lipinski definition) is 1. The Labute approximate surface area is 93.2 Å². The van der Waals surface area contributed by atoms with Crippen molar-refractivity contribution >= 4 is 11.8 Å². The molecule has 0 aromatic heterocycles. The molecule has 0 bridgehead atoms. The molecule has 0 aliphatic carbocycles. The number of nitrogens with one attached hydrogen (secondary N) is 1. The standard InChI is InChI=1S/C12H12N2O2/c1-14-7-6-12(11(14)16)9-5-3-2-4-8(9)10(15)13-12/h2-5H,6-7H2,1H3,(H,13,15). The highest BCUT2D eigenvalue weighted by atomic mass is 16.2. The molecule has 2 aliphatic rings. The van der Waals surface area contributed by atoms with Crippen molar-refractivity contribution in [3.05, 3.63) is 35.4 Å². The molecule has 82 valence electrons. The van der Waals surface area contributed by atoms with E-state index in [4.69, 9.17) is 0 Å². The Balaban J connectivity index is 2.20. The second kappa shape index (κ2) is 2.84. The van der Waals surface area contributed by atoms with Crippen LogP contribution in [-0.2, 0) is 10.3 Å². The summed E-state index contributed by atoms with van der Waals surface area (Å²) in [6.07, 6.45) is 0.658. The van der Waals surface area contributed by atoms with Gasteiger partial charge in [-0.05, 0) is 11.6 Å². The molecule has 1 aromatic rings. The highest BCUT2D eigenvalue weighted by molar-refractivity contribution is 6.07. The molecule has 2 heterocycles. The lowest BCUT2D eigenvalue weighted by Crippen LogP contribution is -2.45. The zero-order chi connectivity index (χ0) is 11.3. The first-order chi connectivity index (χ1) is 7.65. The van der Waals surface area contributed by atoms with Gasteiger partial charge in [-0.25, -0.2) is 0 Å². The minimum atomic E-state index is -0.789. The minimum absolute atomic E-state index is 0.00852. The van der Waals surface area contributed by atoms with E-state index in [-0.39, 0.29) is 11.8 Å². The molecule has 1 spiro atoms. The van der Waals surface area contributed by atoms with E-state index in [9.17, 15) is 9.59 Å². The average molecular weight is 216 g/mol. The first-order valence-corrected chi connectivity index (χ1v) is 5.33. The lowest BCUT2D eigenvalue weighted by molar-refractivity contribution is -0.131. The molecule has 2 aliphatic heterocycles. The van der Waals surface area contributed by atoms with E-state index in [1.165, 1.54) is 0 Å². The van der Waals surface area contributed by atoms with Gasteiger partial charge < -0.3 is 10.2 Å². The first-order valence-electron chi connectivity index (χ1n) is 5.33. The quantitative estimate of drug-likeness (QED) is 0.686. The number of carbonyl (C=O) groups is 2. The fourth-order valence-electron chi connectivity index (χ4n) is 2.62. The van der Waals surface area contributed by atoms with Gasteiger partial charge in [0.05, 0.1) is 0 Å². The van der Waals surface area contributed by atoms with Crippen molar-refractivity contribution in [2.75, 3.05) is 13.6 Å². The number of likely N-dealkylation sites (tertiary alicyclic amines) is 1. The predicted octanol–water partition coefficient (Wildman–Crippen LogP) is 0.487. The summed E-state index contributed by atoms with van der Waals surface area (Å²) >= 11 is 0. The summed E-state index contributed by atoms with van der Waals surface area (Å²) in [5, 5.41) is 2.84. The van der Waals surface area contributed by atoms with Crippen LogP contribution in [0.5, 0.6) is 0 Å². The van der Waals surface area contributed by atoms with Gasteiger partial charge >= 0.3 is 0 Å². The van der Waals surface area contributed by atoms with Gasteiger partial charge in [-0.2, -0.15) is 0 Å². The third-order valence-electron chi connectivity index (χ3n) is 3.49. The Morgan fingerprint density at radius 2 is 2.06 bits per heavy atom. The molecule has 4 nitrogen and oxygen atoms in total. The van der Waals surface area contributed by atoms with Crippen LogP contribution < -0.4 is 5.32 Å². The van der Waals surface area contributed by atoms with Crippen LogP contribution in [-0.4, -0.2) is 30.3 Å². The summed E-state index contributed by atoms with van der Waals surface area (Å²) in [5.74, 6) is -0.148. The van der Waals surface area contributed by atoms with Crippen LogP contribution in [0.25, 0.3) is 0 Å². The van der Waals surface area contributed by atoms with Gasteiger partial charge in [-0.1, -0.05) is 18.2 Å². The smallest absolute Gasteiger partial charge is 0.252 e. The number of carbonyl (C=O) groups excluding carboxylic acids is 2. The van der Waals surface area contributed by atoms with Crippen LogP contribution in [0.4, 0.5) is 0 Å². The topological polar surface area (TPSA) is 49.4 Å². The van der Waals surface area contributed by atoms with Crippen molar-refractivity contribution in [2.45, 2.75) is 12.0 Å². The van der Waals surface area contributed by atoms with Crippen molar-refractivity contribution < 1.29 is 9.59 Å². The van der Waals surface area contributed by atoms with Gasteiger partial charge in [-0.15, -0.1) is 0 Å². The molecule has 0 saturated carbocycles. The molecular formula is C12H12N2O2. The molecule has 1 fully saturated rings. The van der Waals surface area contributed by atoms with E-state index < -0.39 is 5.54 Å². The Hall–Kier alpha value is -1.84. The lowest BCUT2D eigenvalue weighted by Gasteiger charge is -2.22. The van der Waals surface area contributed by atoms with Gasteiger partial charge in [0.1, 0.15) is 5.54 Å². The molecule has 1 atom stereocenters. The Morgan fingerprint density at radius 1 is 1.31 bits per heavy atom. The molecule has 1 unspecified atom stereocenters. The van der Waals surface area contributed by atoms with E-state index >= 15 is 0 Å². The van der Waals surface area contributed by atoms with Gasteiger partial charge in [0.25, 0.3) is 11.8 Å². The molecular weight excluding hydrogens is 204 g/mol. The van der Waals surface area contributed by atoms with Gasteiger partial charge in [-0.3, -0.25) is 9.59 Å². The third kappa shape index (κ3) is 0.939. The van der Waals surface area contributed by atoms with Crippen molar-refractivity contribution in [3.8, 4) is 0 Å². The zero-order valence-corrected chi connectivity index (χ0v) is 8.99. The monoisotopic (exact) mass is 216 g/mol. The highest BCUT2D eigenvalue weighted by Gasteiger charge is 2.53. The Bertz CT molecular complexity index is 498. The fourth-order valence-corrected chi connectivity index (χ4v) is 2.62. The van der Waals surface area contributed by atoms with Crippen LogP contribution in [0.2, 0.25) is 0 Å². The van der Waals surface area contributed by atoms with E-state index in [0.29, 0.717) is 18.5 Å². The summed E-state index contributed by atoms with van der Waals surface area (Å²) in [6.45, 7) is 0.688. The van der Waals surface area contributed by atoms with Crippen LogP contribution >= 0.6 is 0 Å². The molecule has 0 radical (unpaired) electrons. The van der Waals surface area contributed by atoms with Crippen LogP contribution in [0.1, 0.15) is 22.3 Å². The molecule has 4 heteroatoms. The molecule has 1 saturated heterocycles. The SMILES string of the molecule is CN1CCC2(NC(=O)c3ccccc32)C1=O. The maximum atomic E-state index is 12.1. The van der Waals surface area contributed by atoms with Gasteiger partial charge in [0, 0.05) is 25.6 Å². The molecule has 1 aromatic carbocycles. The summed E-state index contributed by atoms with van der Waals surface area (Å²) in [6, 6.07) is 7.32. The third-order valence-corrected chi connectivity index (χ3v) is 3.49. The molecule has 1 N–H and O–H groups in total. The second-order valence-electron chi connectivity index (χ2n) is 4.38. The van der Waals surface area contributed by atoms with Crippen molar-refractivity contribution in [1.29, 1.82) is 0 Å². The van der Waals surface area contributed by atoms with Gasteiger partial charge in [0.2, 0.25) is 0 Å². The number of nitrogens with zero attached hydrogens (tertiary/aromatic N) is 1. The van der Waals surface area contributed by atoms with E-state index in [1.807, 2.05) is 18.2 Å². The van der Waals surface area contributed by atoms with Crippen LogP contribution in [0.15, 0.2) is 24.3 Å². The second-order valence-corrected chi connectivity index (χ2v) is 4.38. The fraction of sp³-hybridized carbons (Fsp3) is 0.333. The average Bonchev–Trinajstić information content (AvgIpc) is 2.74. The van der Waals surface area contributed by atoms with Crippen molar-refractivity contribution in [3.63, 3.8) is 0 Å². The Morgan fingerprint density at radius 3 is 2.75 bits per heavy atom. The Kier molecular flexibility index (Phi) is 1.67. The molecule has 2 amide bonds. The largest absolute Gasteiger partial charge is 0.343 e. The van der Waals surface area contributed by atoms with E-state index in [2.05, 4.69) is 5.32 Å². The lowest BCUT2D eigenvalue weighted by atomic mass is 9.89. The summed E-state index contributed by atoms with van der Waals surface area (Å²) in [4.78, 5) is 25.6. The number of amides is 2.